The predicted molar refractivity (Wildman–Crippen MR) is 69.5 cm³/mol. The molecule has 5 nitrogen and oxygen atoms in total. The molecule has 1 aliphatic rings. The highest BCUT2D eigenvalue weighted by Crippen LogP contribution is 2.26. The standard InChI is InChI=1S/C10H12ClN3O2S/c11-7-1-2-8(14-10(12)17)13-9(7)16-6-3-4-15-5-6/h1-2,6H,3-5H2,(H3,12,13,14,17)/t6-/m1/s1. The van der Waals surface area contributed by atoms with Gasteiger partial charge in [-0.25, -0.2) is 0 Å². The second kappa shape index (κ2) is 5.48. The highest BCUT2D eigenvalue weighted by molar-refractivity contribution is 7.80. The van der Waals surface area contributed by atoms with Gasteiger partial charge in [0.05, 0.1) is 13.2 Å². The Labute approximate surface area is 109 Å². The molecule has 7 heteroatoms. The first-order valence-electron chi connectivity index (χ1n) is 5.12. The second-order valence-electron chi connectivity index (χ2n) is 3.58. The molecule has 17 heavy (non-hydrogen) atoms. The molecule has 0 bridgehead atoms. The lowest BCUT2D eigenvalue weighted by Gasteiger charge is -2.13. The Hall–Kier alpha value is -1.11. The predicted octanol–water partition coefficient (Wildman–Crippen LogP) is 1.56. The van der Waals surface area contributed by atoms with Crippen LogP contribution in [0.15, 0.2) is 12.1 Å². The summed E-state index contributed by atoms with van der Waals surface area (Å²) in [4.78, 5) is 4.19. The van der Waals surface area contributed by atoms with Crippen LogP contribution in [-0.4, -0.2) is 29.4 Å². The summed E-state index contributed by atoms with van der Waals surface area (Å²) >= 11 is 10.7. The Balaban J connectivity index is 2.10. The van der Waals surface area contributed by atoms with Gasteiger partial charge in [-0.15, -0.1) is 0 Å². The van der Waals surface area contributed by atoms with Gasteiger partial charge in [0, 0.05) is 6.42 Å². The van der Waals surface area contributed by atoms with Crippen molar-refractivity contribution < 1.29 is 9.47 Å². The molecule has 1 aromatic rings. The van der Waals surface area contributed by atoms with Gasteiger partial charge in [0.1, 0.15) is 16.9 Å². The van der Waals surface area contributed by atoms with Crippen molar-refractivity contribution in [3.05, 3.63) is 17.2 Å². The average Bonchev–Trinajstić information content (AvgIpc) is 2.75. The third-order valence-corrected chi connectivity index (χ3v) is 2.62. The summed E-state index contributed by atoms with van der Waals surface area (Å²) < 4.78 is 10.8. The molecule has 0 radical (unpaired) electrons. The fourth-order valence-corrected chi connectivity index (χ4v) is 1.72. The van der Waals surface area contributed by atoms with Crippen molar-refractivity contribution in [2.75, 3.05) is 18.5 Å². The van der Waals surface area contributed by atoms with E-state index in [0.717, 1.165) is 6.42 Å². The van der Waals surface area contributed by atoms with E-state index in [4.69, 9.17) is 39.0 Å². The highest BCUT2D eigenvalue weighted by Gasteiger charge is 2.19. The maximum absolute atomic E-state index is 5.99. The largest absolute Gasteiger partial charge is 0.471 e. The van der Waals surface area contributed by atoms with Gasteiger partial charge in [-0.1, -0.05) is 11.6 Å². The highest BCUT2D eigenvalue weighted by atomic mass is 35.5. The minimum absolute atomic E-state index is 0.0000723. The number of aromatic nitrogens is 1. The molecule has 0 aromatic carbocycles. The van der Waals surface area contributed by atoms with Gasteiger partial charge in [0.2, 0.25) is 5.88 Å². The van der Waals surface area contributed by atoms with Gasteiger partial charge in [-0.3, -0.25) is 0 Å². The first-order valence-corrected chi connectivity index (χ1v) is 5.91. The van der Waals surface area contributed by atoms with E-state index in [0.29, 0.717) is 29.9 Å². The van der Waals surface area contributed by atoms with E-state index >= 15 is 0 Å². The van der Waals surface area contributed by atoms with Gasteiger partial charge >= 0.3 is 0 Å². The summed E-state index contributed by atoms with van der Waals surface area (Å²) in [5.41, 5.74) is 5.36. The Kier molecular flexibility index (Phi) is 3.98. The third-order valence-electron chi connectivity index (χ3n) is 2.23. The second-order valence-corrected chi connectivity index (χ2v) is 4.42. The van der Waals surface area contributed by atoms with Crippen molar-refractivity contribution in [2.45, 2.75) is 12.5 Å². The summed E-state index contributed by atoms with van der Waals surface area (Å²) in [6.45, 7) is 1.26. The molecule has 2 heterocycles. The molecule has 0 amide bonds. The fraction of sp³-hybridized carbons (Fsp3) is 0.400. The monoisotopic (exact) mass is 273 g/mol. The number of nitrogens with one attached hydrogen (secondary N) is 1. The molecule has 3 N–H and O–H groups in total. The minimum atomic E-state index is 0.0000723. The number of thiocarbonyl (C=S) groups is 1. The van der Waals surface area contributed by atoms with Crippen LogP contribution in [0.1, 0.15) is 6.42 Å². The lowest BCUT2D eigenvalue weighted by atomic mass is 10.3. The molecule has 92 valence electrons. The van der Waals surface area contributed by atoms with E-state index in [1.807, 2.05) is 0 Å². The van der Waals surface area contributed by atoms with Crippen LogP contribution in [-0.2, 0) is 4.74 Å². The van der Waals surface area contributed by atoms with Crippen molar-refractivity contribution in [1.29, 1.82) is 0 Å². The maximum atomic E-state index is 5.99. The maximum Gasteiger partial charge on any atom is 0.234 e. The number of nitrogens with zero attached hydrogens (tertiary/aromatic N) is 1. The Morgan fingerprint density at radius 1 is 1.65 bits per heavy atom. The summed E-state index contributed by atoms with van der Waals surface area (Å²) in [5, 5.41) is 3.32. The molecule has 0 unspecified atom stereocenters. The molecule has 0 aliphatic carbocycles. The molecule has 1 fully saturated rings. The molecular weight excluding hydrogens is 262 g/mol. The quantitative estimate of drug-likeness (QED) is 0.815. The summed E-state index contributed by atoms with van der Waals surface area (Å²) in [5.74, 6) is 0.874. The van der Waals surface area contributed by atoms with Gasteiger partial charge in [0.25, 0.3) is 0 Å². The first kappa shape index (κ1) is 12.3. The fourth-order valence-electron chi connectivity index (χ4n) is 1.47. The Bertz CT molecular complexity index is 424. The van der Waals surface area contributed by atoms with Crippen molar-refractivity contribution in [2.24, 2.45) is 5.73 Å². The van der Waals surface area contributed by atoms with Crippen LogP contribution < -0.4 is 15.8 Å². The van der Waals surface area contributed by atoms with Crippen LogP contribution in [0.3, 0.4) is 0 Å². The molecule has 1 atom stereocenters. The van der Waals surface area contributed by atoms with Crippen LogP contribution in [0, 0.1) is 0 Å². The average molecular weight is 274 g/mol. The van der Waals surface area contributed by atoms with Gasteiger partial charge in [0.15, 0.2) is 5.11 Å². The smallest absolute Gasteiger partial charge is 0.234 e. The van der Waals surface area contributed by atoms with E-state index in [2.05, 4.69) is 10.3 Å². The molecule has 0 spiro atoms. The number of pyridine rings is 1. The Morgan fingerprint density at radius 2 is 2.47 bits per heavy atom. The number of nitrogens with two attached hydrogens (primary N) is 1. The van der Waals surface area contributed by atoms with E-state index in [1.54, 1.807) is 12.1 Å². The molecule has 1 saturated heterocycles. The molecular formula is C10H12ClN3O2S. The van der Waals surface area contributed by atoms with Crippen LogP contribution in [0.4, 0.5) is 5.82 Å². The summed E-state index contributed by atoms with van der Waals surface area (Å²) in [6, 6.07) is 3.36. The Morgan fingerprint density at radius 3 is 3.12 bits per heavy atom. The number of hydrogen-bond acceptors (Lipinski definition) is 4. The zero-order valence-corrected chi connectivity index (χ0v) is 10.6. The van der Waals surface area contributed by atoms with Gasteiger partial charge < -0.3 is 20.5 Å². The van der Waals surface area contributed by atoms with E-state index in [9.17, 15) is 0 Å². The van der Waals surface area contributed by atoms with Gasteiger partial charge in [-0.05, 0) is 24.4 Å². The minimum Gasteiger partial charge on any atom is -0.471 e. The molecule has 1 aromatic heterocycles. The van der Waals surface area contributed by atoms with Crippen molar-refractivity contribution >= 4 is 34.7 Å². The van der Waals surface area contributed by atoms with E-state index < -0.39 is 0 Å². The third kappa shape index (κ3) is 3.42. The number of hydrogen-bond donors (Lipinski definition) is 2. The lowest BCUT2D eigenvalue weighted by Crippen LogP contribution is -2.20. The number of anilines is 1. The van der Waals surface area contributed by atoms with Crippen molar-refractivity contribution in [1.82, 2.24) is 4.98 Å². The summed E-state index contributed by atoms with van der Waals surface area (Å²) in [6.07, 6.45) is 0.838. The van der Waals surface area contributed by atoms with Crippen LogP contribution >= 0.6 is 23.8 Å². The van der Waals surface area contributed by atoms with Gasteiger partial charge in [-0.2, -0.15) is 4.98 Å². The number of halogens is 1. The lowest BCUT2D eigenvalue weighted by molar-refractivity contribution is 0.138. The number of ether oxygens (including phenoxy) is 2. The van der Waals surface area contributed by atoms with Crippen molar-refractivity contribution in [3.63, 3.8) is 0 Å². The number of rotatable bonds is 3. The van der Waals surface area contributed by atoms with Crippen molar-refractivity contribution in [3.8, 4) is 5.88 Å². The van der Waals surface area contributed by atoms with Crippen LogP contribution in [0.2, 0.25) is 5.02 Å². The van der Waals surface area contributed by atoms with Crippen LogP contribution in [0.25, 0.3) is 0 Å². The zero-order valence-electron chi connectivity index (χ0n) is 8.98. The molecule has 2 rings (SSSR count). The normalized spacial score (nSPS) is 19.0. The van der Waals surface area contributed by atoms with E-state index in [1.165, 1.54) is 0 Å². The molecule has 1 aliphatic heterocycles. The first-order chi connectivity index (χ1) is 8.15. The topological polar surface area (TPSA) is 69.4 Å². The zero-order chi connectivity index (χ0) is 12.3. The van der Waals surface area contributed by atoms with Crippen LogP contribution in [0.5, 0.6) is 5.88 Å². The summed E-state index contributed by atoms with van der Waals surface area (Å²) in [7, 11) is 0. The van der Waals surface area contributed by atoms with E-state index in [-0.39, 0.29) is 11.2 Å². The SMILES string of the molecule is NC(=S)Nc1ccc(Cl)c(O[C@@H]2CCOC2)n1. The molecule has 0 saturated carbocycles.